The van der Waals surface area contributed by atoms with Crippen LogP contribution in [0.15, 0.2) is 37.4 Å². The van der Waals surface area contributed by atoms with Crippen molar-refractivity contribution in [2.24, 2.45) is 0 Å². The van der Waals surface area contributed by atoms with Crippen LogP contribution in [0.25, 0.3) is 16.6 Å². The molecule has 3 aromatic heterocycles. The Morgan fingerprint density at radius 3 is 2.92 bits per heavy atom. The largest absolute Gasteiger partial charge is 0.385 e. The molecule has 2 fully saturated rings. The van der Waals surface area contributed by atoms with Crippen molar-refractivity contribution in [3.63, 3.8) is 0 Å². The molecule has 1 aromatic carbocycles. The summed E-state index contributed by atoms with van der Waals surface area (Å²) in [6.07, 6.45) is 7.98. The van der Waals surface area contributed by atoms with Gasteiger partial charge in [-0.25, -0.2) is 23.9 Å². The number of nitrogens with zero attached hydrogens (tertiary/aromatic N) is 7. The van der Waals surface area contributed by atoms with Crippen LogP contribution in [-0.2, 0) is 9.53 Å². The molecule has 1 aliphatic heterocycles. The quantitative estimate of drug-likeness (QED) is 0.311. The van der Waals surface area contributed by atoms with Gasteiger partial charge in [-0.2, -0.15) is 5.10 Å². The number of nitrogen functional groups attached to an aromatic ring is 1. The molecule has 0 bridgehead atoms. The Morgan fingerprint density at radius 2 is 2.16 bits per heavy atom. The topological polar surface area (TPSA) is 116 Å². The number of carbonyl (C=O) groups excluding carboxylic acids is 1. The Kier molecular flexibility index (Phi) is 6.04. The van der Waals surface area contributed by atoms with Gasteiger partial charge in [-0.05, 0) is 43.7 Å². The Balaban J connectivity index is 1.37. The fourth-order valence-corrected chi connectivity index (χ4v) is 5.26. The van der Waals surface area contributed by atoms with E-state index in [9.17, 15) is 4.79 Å². The number of imidazole rings is 2. The second-order valence-corrected chi connectivity index (χ2v) is 9.74. The molecule has 2 atom stereocenters. The maximum atomic E-state index is 15.0. The maximum absolute atomic E-state index is 15.0. The van der Waals surface area contributed by atoms with Crippen LogP contribution in [0.3, 0.4) is 0 Å². The second kappa shape index (κ2) is 9.54. The zero-order chi connectivity index (χ0) is 26.4. The number of carbonyl (C=O) groups is 1. The zero-order valence-electron chi connectivity index (χ0n) is 21.0. The molecule has 4 heterocycles. The molecule has 1 saturated carbocycles. The van der Waals surface area contributed by atoms with Crippen molar-refractivity contribution in [3.8, 4) is 11.8 Å². The molecule has 0 spiro atoms. The highest BCUT2D eigenvalue weighted by molar-refractivity contribution is 5.87. The van der Waals surface area contributed by atoms with Crippen molar-refractivity contribution in [1.82, 2.24) is 34.0 Å². The van der Waals surface area contributed by atoms with Gasteiger partial charge in [0, 0.05) is 44.3 Å². The molecule has 1 saturated heterocycles. The molecule has 11 heteroatoms. The molecule has 0 radical (unpaired) electrons. The van der Waals surface area contributed by atoms with Crippen molar-refractivity contribution in [1.29, 1.82) is 0 Å². The monoisotopic (exact) mass is 514 g/mol. The van der Waals surface area contributed by atoms with Gasteiger partial charge in [0.1, 0.15) is 29.2 Å². The average Bonchev–Trinajstić information content (AvgIpc) is 3.37. The lowest BCUT2D eigenvalue weighted by Crippen LogP contribution is -2.35. The number of likely N-dealkylation sites (tertiary alicyclic amines) is 1. The van der Waals surface area contributed by atoms with Crippen LogP contribution in [0.1, 0.15) is 54.7 Å². The Morgan fingerprint density at radius 1 is 1.32 bits per heavy atom. The van der Waals surface area contributed by atoms with E-state index in [-0.39, 0.29) is 29.2 Å². The van der Waals surface area contributed by atoms with Gasteiger partial charge in [-0.1, -0.05) is 12.5 Å². The van der Waals surface area contributed by atoms with Crippen LogP contribution in [0.4, 0.5) is 10.2 Å². The van der Waals surface area contributed by atoms with Gasteiger partial charge in [0.15, 0.2) is 5.82 Å². The molecule has 38 heavy (non-hydrogen) atoms. The number of fused-ring (bicyclic) bond motifs is 2. The van der Waals surface area contributed by atoms with Gasteiger partial charge in [-0.3, -0.25) is 4.79 Å². The molecular formula is C27H27FN8O2. The summed E-state index contributed by atoms with van der Waals surface area (Å²) in [5.41, 5.74) is 8.70. The molecular weight excluding hydrogens is 487 g/mol. The summed E-state index contributed by atoms with van der Waals surface area (Å²) in [4.78, 5) is 27.7. The zero-order valence-corrected chi connectivity index (χ0v) is 21.0. The fourth-order valence-electron chi connectivity index (χ4n) is 5.26. The number of hydrogen-bond acceptors (Lipinski definition) is 7. The highest BCUT2D eigenvalue weighted by Crippen LogP contribution is 2.37. The summed E-state index contributed by atoms with van der Waals surface area (Å²) in [6.45, 7) is 4.62. The van der Waals surface area contributed by atoms with Crippen molar-refractivity contribution in [2.75, 3.05) is 26.0 Å². The lowest BCUT2D eigenvalue weighted by atomic mass is 10.0. The van der Waals surface area contributed by atoms with Crippen molar-refractivity contribution in [2.45, 2.75) is 43.7 Å². The normalized spacial score (nSPS) is 19.2. The smallest absolute Gasteiger partial charge is 0.246 e. The molecule has 1 aliphatic carbocycles. The first-order chi connectivity index (χ1) is 18.5. The number of hydrogen-bond donors (Lipinski definition) is 1. The summed E-state index contributed by atoms with van der Waals surface area (Å²) in [5, 5.41) is 4.38. The van der Waals surface area contributed by atoms with Gasteiger partial charge < -0.3 is 19.9 Å². The first-order valence-corrected chi connectivity index (χ1v) is 12.6. The molecule has 2 aliphatic rings. The standard InChI is InChI=1S/C27H27FN8O2/c1-3-24(37)34-13-17(10-19(34)8-9-38-2)27-33-21(25-26(29)30-14-32-36(25)27)7-4-16-11-22-23(12-20(16)28)35(15-31-22)18-5-6-18/h3,11-12,14-15,17-19H,1,5-6,8-10,13H2,2H3,(H2,29,30,32)/t17?,19-/m0/s1. The van der Waals surface area contributed by atoms with E-state index in [1.165, 1.54) is 18.5 Å². The predicted octanol–water partition coefficient (Wildman–Crippen LogP) is 2.84. The first-order valence-electron chi connectivity index (χ1n) is 12.6. The minimum Gasteiger partial charge on any atom is -0.385 e. The number of nitrogens with two attached hydrogens (primary N) is 1. The predicted molar refractivity (Wildman–Crippen MR) is 139 cm³/mol. The second-order valence-electron chi connectivity index (χ2n) is 9.74. The number of anilines is 1. The molecule has 2 N–H and O–H groups in total. The molecule has 194 valence electrons. The number of aromatic nitrogens is 6. The van der Waals surface area contributed by atoms with Gasteiger partial charge in [0.25, 0.3) is 0 Å². The van der Waals surface area contributed by atoms with Crippen LogP contribution in [0.5, 0.6) is 0 Å². The van der Waals surface area contributed by atoms with Gasteiger partial charge in [-0.15, -0.1) is 0 Å². The van der Waals surface area contributed by atoms with Crippen molar-refractivity contribution in [3.05, 3.63) is 60.3 Å². The van der Waals surface area contributed by atoms with E-state index in [0.717, 1.165) is 18.4 Å². The number of halogens is 1. The number of ether oxygens (including phenoxy) is 1. The van der Waals surface area contributed by atoms with E-state index in [4.69, 9.17) is 15.5 Å². The lowest BCUT2D eigenvalue weighted by molar-refractivity contribution is -0.127. The molecule has 10 nitrogen and oxygen atoms in total. The van der Waals surface area contributed by atoms with E-state index >= 15 is 4.39 Å². The van der Waals surface area contributed by atoms with E-state index in [0.29, 0.717) is 54.6 Å². The fraction of sp³-hybridized carbons (Fsp3) is 0.370. The summed E-state index contributed by atoms with van der Waals surface area (Å²) in [7, 11) is 1.64. The minimum atomic E-state index is -0.421. The Bertz CT molecular complexity index is 1630. The summed E-state index contributed by atoms with van der Waals surface area (Å²) in [5.74, 6) is 6.08. The summed E-state index contributed by atoms with van der Waals surface area (Å²) in [6, 6.07) is 3.52. The number of methoxy groups -OCH3 is 1. The van der Waals surface area contributed by atoms with Crippen LogP contribution in [-0.4, -0.2) is 66.2 Å². The van der Waals surface area contributed by atoms with Crippen LogP contribution in [0, 0.1) is 17.7 Å². The molecule has 4 aromatic rings. The van der Waals surface area contributed by atoms with E-state index in [1.807, 2.05) is 4.57 Å². The minimum absolute atomic E-state index is 0.0252. The third-order valence-electron chi connectivity index (χ3n) is 7.30. The number of amides is 1. The first kappa shape index (κ1) is 24.1. The van der Waals surface area contributed by atoms with E-state index in [1.54, 1.807) is 28.9 Å². The third kappa shape index (κ3) is 4.16. The van der Waals surface area contributed by atoms with Gasteiger partial charge in [0.2, 0.25) is 5.91 Å². The van der Waals surface area contributed by atoms with Crippen molar-refractivity contribution >= 4 is 28.3 Å². The lowest BCUT2D eigenvalue weighted by Gasteiger charge is -2.22. The summed E-state index contributed by atoms with van der Waals surface area (Å²) < 4.78 is 23.9. The SMILES string of the molecule is C=CC(=O)N1CC(c2nc(C#Cc3cc4ncn(C5CC5)c4cc3F)c3c(N)ncnn23)C[C@@H]1CCOC. The van der Waals surface area contributed by atoms with Gasteiger partial charge >= 0.3 is 0 Å². The molecule has 1 amide bonds. The van der Waals surface area contributed by atoms with Crippen LogP contribution in [0.2, 0.25) is 0 Å². The molecule has 6 rings (SSSR count). The third-order valence-corrected chi connectivity index (χ3v) is 7.30. The highest BCUT2D eigenvalue weighted by Gasteiger charge is 2.37. The number of rotatable bonds is 6. The maximum Gasteiger partial charge on any atom is 0.246 e. The number of benzene rings is 1. The average molecular weight is 515 g/mol. The van der Waals surface area contributed by atoms with Crippen molar-refractivity contribution < 1.29 is 13.9 Å². The van der Waals surface area contributed by atoms with Crippen LogP contribution < -0.4 is 5.73 Å². The Hall–Kier alpha value is -4.30. The van der Waals surface area contributed by atoms with E-state index < -0.39 is 5.82 Å². The van der Waals surface area contributed by atoms with E-state index in [2.05, 4.69) is 33.5 Å². The van der Waals surface area contributed by atoms with Crippen LogP contribution >= 0.6 is 0 Å². The molecule has 1 unspecified atom stereocenters. The highest BCUT2D eigenvalue weighted by atomic mass is 19.1. The Labute approximate surface area is 218 Å². The summed E-state index contributed by atoms with van der Waals surface area (Å²) >= 11 is 0. The van der Waals surface area contributed by atoms with Gasteiger partial charge in [0.05, 0.1) is 22.9 Å².